The Morgan fingerprint density at radius 3 is 2.48 bits per heavy atom. The number of ether oxygens (including phenoxy) is 1. The lowest BCUT2D eigenvalue weighted by Crippen LogP contribution is -2.37. The molecule has 0 radical (unpaired) electrons. The van der Waals surface area contributed by atoms with Crippen LogP contribution in [0.15, 0.2) is 47.4 Å². The fourth-order valence-corrected chi connectivity index (χ4v) is 3.66. The van der Waals surface area contributed by atoms with Crippen LogP contribution in [0.1, 0.15) is 18.1 Å². The summed E-state index contributed by atoms with van der Waals surface area (Å²) in [6.07, 6.45) is 0. The zero-order valence-electron chi connectivity index (χ0n) is 13.3. The summed E-state index contributed by atoms with van der Waals surface area (Å²) in [6, 6.07) is 10.7. The highest BCUT2D eigenvalue weighted by Crippen LogP contribution is 2.18. The third kappa shape index (κ3) is 4.53. The molecule has 0 aliphatic rings. The van der Waals surface area contributed by atoms with Crippen molar-refractivity contribution in [3.63, 3.8) is 0 Å². The molecule has 1 atom stereocenters. The third-order valence-corrected chi connectivity index (χ3v) is 5.12. The van der Waals surface area contributed by atoms with Crippen LogP contribution in [0.5, 0.6) is 5.75 Å². The number of hydrogen-bond donors (Lipinski definition) is 1. The molecular formula is C17H20FNO3S. The van der Waals surface area contributed by atoms with Crippen molar-refractivity contribution in [2.24, 2.45) is 0 Å². The van der Waals surface area contributed by atoms with E-state index >= 15 is 0 Å². The molecule has 0 amide bonds. The molecule has 0 aliphatic heterocycles. The van der Waals surface area contributed by atoms with E-state index in [9.17, 15) is 12.8 Å². The molecule has 0 spiro atoms. The molecule has 2 aromatic rings. The molecule has 2 rings (SSSR count). The number of halogens is 1. The summed E-state index contributed by atoms with van der Waals surface area (Å²) >= 11 is 0. The van der Waals surface area contributed by atoms with E-state index in [0.29, 0.717) is 5.56 Å². The van der Waals surface area contributed by atoms with Crippen LogP contribution in [0.25, 0.3) is 0 Å². The van der Waals surface area contributed by atoms with Gasteiger partial charge in [-0.05, 0) is 56.2 Å². The average molecular weight is 337 g/mol. The SMILES string of the molecule is Cc1ccccc1OCC(C)NS(=O)(=O)c1ccc(F)cc1C. The Hall–Kier alpha value is -1.92. The van der Waals surface area contributed by atoms with E-state index in [0.717, 1.165) is 17.4 Å². The Labute approximate surface area is 136 Å². The average Bonchev–Trinajstić information content (AvgIpc) is 2.45. The highest BCUT2D eigenvalue weighted by molar-refractivity contribution is 7.89. The van der Waals surface area contributed by atoms with Crippen molar-refractivity contribution in [2.75, 3.05) is 6.61 Å². The second-order valence-corrected chi connectivity index (χ2v) is 7.19. The van der Waals surface area contributed by atoms with Gasteiger partial charge in [-0.1, -0.05) is 18.2 Å². The van der Waals surface area contributed by atoms with Crippen LogP contribution in [-0.2, 0) is 10.0 Å². The molecule has 0 aliphatic carbocycles. The van der Waals surface area contributed by atoms with Gasteiger partial charge in [0.1, 0.15) is 18.2 Å². The third-order valence-electron chi connectivity index (χ3n) is 3.37. The fraction of sp³-hybridized carbons (Fsp3) is 0.294. The first-order chi connectivity index (χ1) is 10.8. The molecule has 23 heavy (non-hydrogen) atoms. The van der Waals surface area contributed by atoms with Gasteiger partial charge in [-0.15, -0.1) is 0 Å². The fourth-order valence-electron chi connectivity index (χ4n) is 2.21. The molecule has 0 saturated carbocycles. The summed E-state index contributed by atoms with van der Waals surface area (Å²) < 4.78 is 46.0. The van der Waals surface area contributed by atoms with Crippen LogP contribution in [0.2, 0.25) is 0 Å². The molecule has 0 saturated heterocycles. The minimum atomic E-state index is -3.72. The second kappa shape index (κ2) is 7.10. The highest BCUT2D eigenvalue weighted by atomic mass is 32.2. The molecule has 0 aromatic heterocycles. The van der Waals surface area contributed by atoms with Gasteiger partial charge in [0.15, 0.2) is 0 Å². The van der Waals surface area contributed by atoms with E-state index < -0.39 is 21.9 Å². The lowest BCUT2D eigenvalue weighted by molar-refractivity contribution is 0.285. The maximum Gasteiger partial charge on any atom is 0.241 e. The lowest BCUT2D eigenvalue weighted by Gasteiger charge is -2.17. The quantitative estimate of drug-likeness (QED) is 0.881. The van der Waals surface area contributed by atoms with Crippen molar-refractivity contribution in [2.45, 2.75) is 31.7 Å². The molecule has 1 N–H and O–H groups in total. The number of aryl methyl sites for hydroxylation is 2. The predicted octanol–water partition coefficient (Wildman–Crippen LogP) is 3.19. The van der Waals surface area contributed by atoms with Gasteiger partial charge in [-0.25, -0.2) is 17.5 Å². The van der Waals surface area contributed by atoms with Crippen LogP contribution in [0, 0.1) is 19.7 Å². The maximum atomic E-state index is 13.1. The highest BCUT2D eigenvalue weighted by Gasteiger charge is 2.20. The topological polar surface area (TPSA) is 55.4 Å². The minimum absolute atomic E-state index is 0.0710. The number of hydrogen-bond acceptors (Lipinski definition) is 3. The first-order valence-electron chi connectivity index (χ1n) is 7.26. The molecule has 0 heterocycles. The summed E-state index contributed by atoms with van der Waals surface area (Å²) in [5, 5.41) is 0. The van der Waals surface area contributed by atoms with Crippen LogP contribution < -0.4 is 9.46 Å². The Morgan fingerprint density at radius 1 is 1.13 bits per heavy atom. The van der Waals surface area contributed by atoms with Gasteiger partial charge in [0.25, 0.3) is 0 Å². The van der Waals surface area contributed by atoms with Crippen LogP contribution in [0.3, 0.4) is 0 Å². The monoisotopic (exact) mass is 337 g/mol. The van der Waals surface area contributed by atoms with E-state index in [4.69, 9.17) is 4.74 Å². The van der Waals surface area contributed by atoms with E-state index in [2.05, 4.69) is 4.72 Å². The van der Waals surface area contributed by atoms with Gasteiger partial charge >= 0.3 is 0 Å². The van der Waals surface area contributed by atoms with Gasteiger partial charge < -0.3 is 4.74 Å². The van der Waals surface area contributed by atoms with Crippen molar-refractivity contribution in [1.82, 2.24) is 4.72 Å². The Morgan fingerprint density at radius 2 is 1.83 bits per heavy atom. The molecule has 2 aromatic carbocycles. The van der Waals surface area contributed by atoms with Crippen LogP contribution in [0.4, 0.5) is 4.39 Å². The van der Waals surface area contributed by atoms with Crippen molar-refractivity contribution < 1.29 is 17.5 Å². The molecular weight excluding hydrogens is 317 g/mol. The summed E-state index contributed by atoms with van der Waals surface area (Å²) in [5.74, 6) is 0.258. The molecule has 0 bridgehead atoms. The zero-order valence-corrected chi connectivity index (χ0v) is 14.2. The van der Waals surface area contributed by atoms with Gasteiger partial charge in [0.05, 0.1) is 10.9 Å². The molecule has 124 valence electrons. The maximum absolute atomic E-state index is 13.1. The largest absolute Gasteiger partial charge is 0.492 e. The van der Waals surface area contributed by atoms with E-state index in [-0.39, 0.29) is 11.5 Å². The zero-order chi connectivity index (χ0) is 17.0. The Bertz CT molecular complexity index is 790. The van der Waals surface area contributed by atoms with Gasteiger partial charge in [-0.2, -0.15) is 0 Å². The number of benzene rings is 2. The molecule has 0 fully saturated rings. The summed E-state index contributed by atoms with van der Waals surface area (Å²) in [5.41, 5.74) is 1.35. The number of nitrogens with one attached hydrogen (secondary N) is 1. The summed E-state index contributed by atoms with van der Waals surface area (Å²) in [6.45, 7) is 5.40. The predicted molar refractivity (Wildman–Crippen MR) is 87.6 cm³/mol. The lowest BCUT2D eigenvalue weighted by atomic mass is 10.2. The first-order valence-corrected chi connectivity index (χ1v) is 8.75. The Balaban J connectivity index is 2.04. The van der Waals surface area contributed by atoms with E-state index in [1.165, 1.54) is 12.1 Å². The van der Waals surface area contributed by atoms with Gasteiger partial charge in [0, 0.05) is 0 Å². The Kier molecular flexibility index (Phi) is 5.38. The molecule has 4 nitrogen and oxygen atoms in total. The number of sulfonamides is 1. The second-order valence-electron chi connectivity index (χ2n) is 5.51. The van der Waals surface area contributed by atoms with Gasteiger partial charge in [-0.3, -0.25) is 0 Å². The van der Waals surface area contributed by atoms with Gasteiger partial charge in [0.2, 0.25) is 10.0 Å². The van der Waals surface area contributed by atoms with Crippen molar-refractivity contribution in [3.05, 3.63) is 59.4 Å². The van der Waals surface area contributed by atoms with Crippen LogP contribution in [-0.4, -0.2) is 21.1 Å². The smallest absolute Gasteiger partial charge is 0.241 e. The standard InChI is InChI=1S/C17H20FNO3S/c1-12-6-4-5-7-16(12)22-11-14(3)19-23(20,21)17-9-8-15(18)10-13(17)2/h4-10,14,19H,11H2,1-3H3. The number of rotatable bonds is 6. The van der Waals surface area contributed by atoms with Crippen molar-refractivity contribution in [3.8, 4) is 5.75 Å². The van der Waals surface area contributed by atoms with Crippen molar-refractivity contribution in [1.29, 1.82) is 0 Å². The summed E-state index contributed by atoms with van der Waals surface area (Å²) in [4.78, 5) is 0.0710. The number of para-hydroxylation sites is 1. The first kappa shape index (κ1) is 17.4. The summed E-state index contributed by atoms with van der Waals surface area (Å²) in [7, 11) is -3.72. The van der Waals surface area contributed by atoms with Crippen LogP contribution >= 0.6 is 0 Å². The minimum Gasteiger partial charge on any atom is -0.492 e. The molecule has 6 heteroatoms. The molecule has 1 unspecified atom stereocenters. The van der Waals surface area contributed by atoms with Crippen molar-refractivity contribution >= 4 is 10.0 Å². The van der Waals surface area contributed by atoms with E-state index in [1.807, 2.05) is 31.2 Å². The normalized spacial score (nSPS) is 12.9. The van der Waals surface area contributed by atoms with E-state index in [1.54, 1.807) is 13.8 Å².